The highest BCUT2D eigenvalue weighted by molar-refractivity contribution is 6.34. The second-order valence-electron chi connectivity index (χ2n) is 2.12. The second-order valence-corrected chi connectivity index (χ2v) is 2.52. The lowest BCUT2D eigenvalue weighted by molar-refractivity contribution is 0.954. The quantitative estimate of drug-likeness (QED) is 0.675. The van der Waals surface area contributed by atoms with E-state index in [1.54, 1.807) is 6.07 Å². The molecule has 2 aromatic heterocycles. The molecule has 0 spiro atoms. The molecule has 6 heteroatoms. The summed E-state index contributed by atoms with van der Waals surface area (Å²) in [5.41, 5.74) is 0.994. The zero-order valence-electron chi connectivity index (χ0n) is 5.95. The number of nitrogens with zero attached hydrogens (tertiary/aromatic N) is 4. The third kappa shape index (κ3) is 0.947. The molecule has 2 aromatic rings. The molecule has 0 radical (unpaired) electrons. The molecule has 12 heavy (non-hydrogen) atoms. The average Bonchev–Trinajstić information content (AvgIpc) is 2.52. The molecule has 60 valence electrons. The zero-order valence-corrected chi connectivity index (χ0v) is 6.71. The molecular weight excluding hydrogens is 178 g/mol. The molecule has 0 saturated carbocycles. The van der Waals surface area contributed by atoms with Crippen LogP contribution in [0.3, 0.4) is 0 Å². The van der Waals surface area contributed by atoms with Crippen LogP contribution in [0.15, 0.2) is 11.1 Å². The van der Waals surface area contributed by atoms with Gasteiger partial charge in [-0.05, 0) is 6.72 Å². The molecule has 1 N–H and O–H groups in total. The highest BCUT2D eigenvalue weighted by atomic mass is 35.5. The van der Waals surface area contributed by atoms with E-state index in [-0.39, 0.29) is 0 Å². The van der Waals surface area contributed by atoms with E-state index in [1.165, 1.54) is 0 Å². The van der Waals surface area contributed by atoms with Crippen molar-refractivity contribution in [2.45, 2.75) is 0 Å². The number of nitrogens with one attached hydrogen (secondary N) is 1. The third-order valence-electron chi connectivity index (χ3n) is 1.39. The second kappa shape index (κ2) is 2.53. The van der Waals surface area contributed by atoms with Gasteiger partial charge in [0, 0.05) is 6.07 Å². The summed E-state index contributed by atoms with van der Waals surface area (Å²) in [5, 5.41) is 10.5. The lowest BCUT2D eigenvalue weighted by atomic mass is 10.4. The lowest BCUT2D eigenvalue weighted by Crippen LogP contribution is -1.78. The Labute approximate surface area is 72.5 Å². The van der Waals surface area contributed by atoms with Crippen LogP contribution in [0.4, 0.5) is 5.82 Å². The van der Waals surface area contributed by atoms with Gasteiger partial charge in [0.1, 0.15) is 0 Å². The first-order valence-corrected chi connectivity index (χ1v) is 3.53. The highest BCUT2D eigenvalue weighted by Gasteiger charge is 2.05. The van der Waals surface area contributed by atoms with E-state index in [2.05, 4.69) is 32.1 Å². The van der Waals surface area contributed by atoms with Crippen molar-refractivity contribution < 1.29 is 0 Å². The van der Waals surface area contributed by atoms with Gasteiger partial charge in [0.15, 0.2) is 11.3 Å². The number of rotatable bonds is 1. The van der Waals surface area contributed by atoms with Crippen LogP contribution in [0.5, 0.6) is 0 Å². The maximum atomic E-state index is 5.83. The van der Waals surface area contributed by atoms with Gasteiger partial charge < -0.3 is 0 Å². The predicted octanol–water partition coefficient (Wildman–Crippen LogP) is 1.34. The molecule has 2 rings (SSSR count). The van der Waals surface area contributed by atoms with Gasteiger partial charge in [0.2, 0.25) is 5.65 Å². The van der Waals surface area contributed by atoms with Crippen molar-refractivity contribution >= 4 is 35.3 Å². The molecule has 0 bridgehead atoms. The molecule has 0 aromatic carbocycles. The van der Waals surface area contributed by atoms with Crippen LogP contribution >= 0.6 is 11.6 Å². The lowest BCUT2D eigenvalue weighted by Gasteiger charge is -1.92. The van der Waals surface area contributed by atoms with Gasteiger partial charge in [0.05, 0.1) is 5.02 Å². The number of aromatic nitrogens is 4. The zero-order chi connectivity index (χ0) is 8.55. The van der Waals surface area contributed by atoms with Crippen LogP contribution < -0.4 is 0 Å². The Morgan fingerprint density at radius 2 is 2.33 bits per heavy atom. The van der Waals surface area contributed by atoms with Crippen LogP contribution in [0.2, 0.25) is 5.02 Å². The van der Waals surface area contributed by atoms with Crippen LogP contribution in [0, 0.1) is 0 Å². The number of aliphatic imine (C=N–C) groups is 1. The van der Waals surface area contributed by atoms with Gasteiger partial charge in [0.25, 0.3) is 0 Å². The van der Waals surface area contributed by atoms with Crippen LogP contribution in [-0.4, -0.2) is 27.1 Å². The van der Waals surface area contributed by atoms with Gasteiger partial charge in [-0.1, -0.05) is 11.6 Å². The molecule has 0 aliphatic carbocycles. The van der Waals surface area contributed by atoms with E-state index in [4.69, 9.17) is 11.6 Å². The molecule has 0 fully saturated rings. The summed E-state index contributed by atoms with van der Waals surface area (Å²) < 4.78 is 0. The molecule has 0 aliphatic heterocycles. The summed E-state index contributed by atoms with van der Waals surface area (Å²) in [7, 11) is 0. The Bertz CT molecular complexity index is 434. The molecule has 0 aliphatic rings. The van der Waals surface area contributed by atoms with Crippen LogP contribution in [0.1, 0.15) is 0 Å². The third-order valence-corrected chi connectivity index (χ3v) is 1.68. The maximum Gasteiger partial charge on any atom is 0.205 e. The topological polar surface area (TPSA) is 66.8 Å². The average molecular weight is 182 g/mol. The summed E-state index contributed by atoms with van der Waals surface area (Å²) in [5.74, 6) is 0.446. The summed E-state index contributed by atoms with van der Waals surface area (Å²) in [6, 6.07) is 1.58. The predicted molar refractivity (Wildman–Crippen MR) is 45.9 cm³/mol. The smallest absolute Gasteiger partial charge is 0.205 e. The van der Waals surface area contributed by atoms with Crippen molar-refractivity contribution in [3.8, 4) is 0 Å². The van der Waals surface area contributed by atoms with Crippen molar-refractivity contribution in [1.82, 2.24) is 20.4 Å². The minimum absolute atomic E-state index is 0.446. The van der Waals surface area contributed by atoms with Crippen LogP contribution in [0.25, 0.3) is 11.2 Å². The van der Waals surface area contributed by atoms with E-state index < -0.39 is 0 Å². The number of pyridine rings is 1. The number of fused-ring (bicyclic) bond motifs is 1. The normalized spacial score (nSPS) is 10.4. The van der Waals surface area contributed by atoms with E-state index in [1.807, 2.05) is 0 Å². The van der Waals surface area contributed by atoms with Crippen LogP contribution in [-0.2, 0) is 0 Å². The van der Waals surface area contributed by atoms with Gasteiger partial charge in [-0.25, -0.2) is 9.98 Å². The van der Waals surface area contributed by atoms with E-state index in [9.17, 15) is 0 Å². The Morgan fingerprint density at radius 1 is 1.50 bits per heavy atom. The Balaban J connectivity index is 2.83. The summed E-state index contributed by atoms with van der Waals surface area (Å²) >= 11 is 5.83. The Hall–Kier alpha value is -1.49. The van der Waals surface area contributed by atoms with Gasteiger partial charge >= 0.3 is 0 Å². The van der Waals surface area contributed by atoms with E-state index in [0.29, 0.717) is 22.0 Å². The molecule has 0 atom stereocenters. The maximum absolute atomic E-state index is 5.83. The molecular formula is C6H4ClN5. The minimum atomic E-state index is 0.446. The Morgan fingerprint density at radius 3 is 3.08 bits per heavy atom. The number of aromatic amines is 1. The summed E-state index contributed by atoms with van der Waals surface area (Å²) in [6.45, 7) is 3.33. The van der Waals surface area contributed by atoms with Gasteiger partial charge in [-0.2, -0.15) is 10.3 Å². The molecule has 0 unspecified atom stereocenters. The standard InChI is InChI=1S/C6H4ClN5/c1-8-4-2-3(7)5-6(9-4)11-12-10-5/h2H,1H2,(H,9,10,11,12). The van der Waals surface area contributed by atoms with Crippen molar-refractivity contribution in [1.29, 1.82) is 0 Å². The van der Waals surface area contributed by atoms with Crippen molar-refractivity contribution in [2.24, 2.45) is 4.99 Å². The monoisotopic (exact) mass is 181 g/mol. The molecule has 0 saturated heterocycles. The summed E-state index contributed by atoms with van der Waals surface area (Å²) in [4.78, 5) is 7.63. The first-order valence-electron chi connectivity index (χ1n) is 3.15. The van der Waals surface area contributed by atoms with Crippen molar-refractivity contribution in [2.75, 3.05) is 0 Å². The first-order chi connectivity index (χ1) is 5.81. The van der Waals surface area contributed by atoms with Crippen molar-refractivity contribution in [3.63, 3.8) is 0 Å². The van der Waals surface area contributed by atoms with Gasteiger partial charge in [-0.3, -0.25) is 0 Å². The molecule has 5 nitrogen and oxygen atoms in total. The minimum Gasteiger partial charge on any atom is -0.245 e. The fourth-order valence-corrected chi connectivity index (χ4v) is 1.09. The number of hydrogen-bond acceptors (Lipinski definition) is 4. The summed E-state index contributed by atoms with van der Waals surface area (Å²) in [6.07, 6.45) is 0. The van der Waals surface area contributed by atoms with E-state index in [0.717, 1.165) is 0 Å². The fraction of sp³-hybridized carbons (Fsp3) is 0. The Kier molecular flexibility index (Phi) is 1.51. The van der Waals surface area contributed by atoms with E-state index >= 15 is 0 Å². The fourth-order valence-electron chi connectivity index (χ4n) is 0.867. The largest absolute Gasteiger partial charge is 0.245 e. The molecule has 0 amide bonds. The van der Waals surface area contributed by atoms with Crippen molar-refractivity contribution in [3.05, 3.63) is 11.1 Å². The number of hydrogen-bond donors (Lipinski definition) is 1. The highest BCUT2D eigenvalue weighted by Crippen LogP contribution is 2.22. The molecule has 2 heterocycles. The SMILES string of the molecule is C=Nc1cc(Cl)c2n[nH]nc2n1. The first kappa shape index (κ1) is 7.17. The number of halogens is 1. The number of H-pyrrole nitrogens is 1. The van der Waals surface area contributed by atoms with Gasteiger partial charge in [-0.15, -0.1) is 5.10 Å².